The predicted octanol–water partition coefficient (Wildman–Crippen LogP) is 0.464. The van der Waals surface area contributed by atoms with Crippen molar-refractivity contribution in [3.8, 4) is 0 Å². The SMILES string of the molecule is CN(C)c1ccc([C@H](CNC(=O)C2CC2)[NH+](C)C)cc1. The minimum atomic E-state index is 0.223. The Morgan fingerprint density at radius 2 is 1.90 bits per heavy atom. The highest BCUT2D eigenvalue weighted by Gasteiger charge is 2.30. The van der Waals surface area contributed by atoms with Gasteiger partial charge in [-0.1, -0.05) is 12.1 Å². The molecule has 1 aromatic carbocycles. The van der Waals surface area contributed by atoms with Crippen LogP contribution in [-0.4, -0.2) is 40.6 Å². The Balaban J connectivity index is 2.01. The van der Waals surface area contributed by atoms with Gasteiger partial charge >= 0.3 is 0 Å². The highest BCUT2D eigenvalue weighted by atomic mass is 16.2. The molecule has 1 aliphatic carbocycles. The summed E-state index contributed by atoms with van der Waals surface area (Å²) in [6.07, 6.45) is 2.12. The van der Waals surface area contributed by atoms with Crippen LogP contribution in [0.3, 0.4) is 0 Å². The van der Waals surface area contributed by atoms with Gasteiger partial charge in [-0.2, -0.15) is 0 Å². The van der Waals surface area contributed by atoms with Gasteiger partial charge in [-0.15, -0.1) is 0 Å². The molecule has 20 heavy (non-hydrogen) atoms. The van der Waals surface area contributed by atoms with Gasteiger partial charge < -0.3 is 15.1 Å². The van der Waals surface area contributed by atoms with E-state index in [1.807, 2.05) is 14.1 Å². The molecule has 4 nitrogen and oxygen atoms in total. The van der Waals surface area contributed by atoms with Crippen molar-refractivity contribution in [1.82, 2.24) is 5.32 Å². The molecule has 1 aliphatic rings. The summed E-state index contributed by atoms with van der Waals surface area (Å²) in [6, 6.07) is 8.89. The van der Waals surface area contributed by atoms with E-state index in [4.69, 9.17) is 0 Å². The Morgan fingerprint density at radius 3 is 2.35 bits per heavy atom. The fraction of sp³-hybridized carbons (Fsp3) is 0.562. The lowest BCUT2D eigenvalue weighted by Crippen LogP contribution is -3.07. The first-order valence-electron chi connectivity index (χ1n) is 7.34. The van der Waals surface area contributed by atoms with E-state index in [9.17, 15) is 4.79 Å². The average Bonchev–Trinajstić information content (AvgIpc) is 3.23. The first-order valence-corrected chi connectivity index (χ1v) is 7.34. The number of hydrogen-bond acceptors (Lipinski definition) is 2. The third kappa shape index (κ3) is 3.73. The molecule has 1 fully saturated rings. The number of nitrogens with one attached hydrogen (secondary N) is 2. The molecule has 0 unspecified atom stereocenters. The van der Waals surface area contributed by atoms with Gasteiger partial charge in [0.05, 0.1) is 20.6 Å². The van der Waals surface area contributed by atoms with Crippen LogP contribution in [0, 0.1) is 5.92 Å². The van der Waals surface area contributed by atoms with Crippen LogP contribution in [0.25, 0.3) is 0 Å². The van der Waals surface area contributed by atoms with Gasteiger partial charge in [0, 0.05) is 31.3 Å². The summed E-state index contributed by atoms with van der Waals surface area (Å²) in [5.74, 6) is 0.505. The summed E-state index contributed by atoms with van der Waals surface area (Å²) in [5, 5.41) is 3.09. The summed E-state index contributed by atoms with van der Waals surface area (Å²) >= 11 is 0. The predicted molar refractivity (Wildman–Crippen MR) is 82.1 cm³/mol. The molecule has 0 bridgehead atoms. The van der Waals surface area contributed by atoms with E-state index >= 15 is 0 Å². The summed E-state index contributed by atoms with van der Waals surface area (Å²) in [5.41, 5.74) is 2.47. The van der Waals surface area contributed by atoms with Crippen molar-refractivity contribution in [1.29, 1.82) is 0 Å². The van der Waals surface area contributed by atoms with Crippen molar-refractivity contribution in [2.45, 2.75) is 18.9 Å². The van der Waals surface area contributed by atoms with Gasteiger partial charge in [0.2, 0.25) is 5.91 Å². The molecule has 2 rings (SSSR count). The van der Waals surface area contributed by atoms with E-state index in [2.05, 4.69) is 48.6 Å². The quantitative estimate of drug-likeness (QED) is 0.792. The molecule has 4 heteroatoms. The second-order valence-corrected chi connectivity index (χ2v) is 6.14. The first-order chi connectivity index (χ1) is 9.49. The second-order valence-electron chi connectivity index (χ2n) is 6.14. The summed E-state index contributed by atoms with van der Waals surface area (Å²) in [7, 11) is 8.35. The fourth-order valence-electron chi connectivity index (χ4n) is 2.35. The van der Waals surface area contributed by atoms with Crippen molar-refractivity contribution < 1.29 is 9.69 Å². The number of rotatable bonds is 6. The number of benzene rings is 1. The lowest BCUT2D eigenvalue weighted by molar-refractivity contribution is -0.890. The fourth-order valence-corrected chi connectivity index (χ4v) is 2.35. The Labute approximate surface area is 121 Å². The number of carbonyl (C=O) groups excluding carboxylic acids is 1. The van der Waals surface area contributed by atoms with E-state index < -0.39 is 0 Å². The van der Waals surface area contributed by atoms with Gasteiger partial charge in [-0.05, 0) is 25.0 Å². The molecular weight excluding hydrogens is 250 g/mol. The van der Waals surface area contributed by atoms with E-state index in [1.165, 1.54) is 16.2 Å². The van der Waals surface area contributed by atoms with Gasteiger partial charge in [-0.25, -0.2) is 0 Å². The number of amides is 1. The molecule has 1 aromatic rings. The molecule has 1 saturated carbocycles. The second kappa shape index (κ2) is 6.27. The molecule has 110 valence electrons. The lowest BCUT2D eigenvalue weighted by Gasteiger charge is -2.23. The molecule has 0 radical (unpaired) electrons. The zero-order valence-corrected chi connectivity index (χ0v) is 12.9. The number of carbonyl (C=O) groups is 1. The van der Waals surface area contributed by atoms with Crippen LogP contribution in [-0.2, 0) is 4.79 Å². The third-order valence-corrected chi connectivity index (χ3v) is 3.94. The zero-order chi connectivity index (χ0) is 14.7. The van der Waals surface area contributed by atoms with Crippen LogP contribution >= 0.6 is 0 Å². The molecule has 0 saturated heterocycles. The van der Waals surface area contributed by atoms with Crippen LogP contribution in [0.2, 0.25) is 0 Å². The smallest absolute Gasteiger partial charge is 0.223 e. The van der Waals surface area contributed by atoms with Gasteiger partial charge in [0.15, 0.2) is 0 Å². The average molecular weight is 276 g/mol. The van der Waals surface area contributed by atoms with Crippen molar-refractivity contribution in [2.75, 3.05) is 39.6 Å². The number of likely N-dealkylation sites (N-methyl/N-ethyl adjacent to an activating group) is 1. The Kier molecular flexibility index (Phi) is 4.65. The highest BCUT2D eigenvalue weighted by molar-refractivity contribution is 5.80. The van der Waals surface area contributed by atoms with E-state index in [0.29, 0.717) is 12.6 Å². The Morgan fingerprint density at radius 1 is 1.30 bits per heavy atom. The Hall–Kier alpha value is -1.55. The first kappa shape index (κ1) is 14.9. The standard InChI is InChI=1S/C16H25N3O/c1-18(2)14-9-7-12(8-10-14)15(19(3)4)11-17-16(20)13-5-6-13/h7-10,13,15H,5-6,11H2,1-4H3,(H,17,20)/p+1/t15-/m0/s1. The zero-order valence-electron chi connectivity index (χ0n) is 12.9. The minimum Gasteiger partial charge on any atom is -0.378 e. The molecule has 0 spiro atoms. The number of nitrogens with zero attached hydrogens (tertiary/aromatic N) is 1. The molecule has 0 aromatic heterocycles. The molecule has 0 heterocycles. The minimum absolute atomic E-state index is 0.223. The topological polar surface area (TPSA) is 36.8 Å². The van der Waals surface area contributed by atoms with Crippen molar-refractivity contribution in [3.05, 3.63) is 29.8 Å². The third-order valence-electron chi connectivity index (χ3n) is 3.94. The van der Waals surface area contributed by atoms with Crippen molar-refractivity contribution >= 4 is 11.6 Å². The number of quaternary nitrogens is 1. The van der Waals surface area contributed by atoms with E-state index in [-0.39, 0.29) is 11.8 Å². The van der Waals surface area contributed by atoms with E-state index in [1.54, 1.807) is 0 Å². The molecule has 2 N–H and O–H groups in total. The number of hydrogen-bond donors (Lipinski definition) is 2. The largest absolute Gasteiger partial charge is 0.378 e. The van der Waals surface area contributed by atoms with Crippen molar-refractivity contribution in [2.24, 2.45) is 5.92 Å². The monoisotopic (exact) mass is 276 g/mol. The molecule has 0 aliphatic heterocycles. The van der Waals surface area contributed by atoms with Crippen LogP contribution < -0.4 is 15.1 Å². The van der Waals surface area contributed by atoms with Gasteiger partial charge in [0.1, 0.15) is 6.04 Å². The van der Waals surface area contributed by atoms with Crippen molar-refractivity contribution in [3.63, 3.8) is 0 Å². The van der Waals surface area contributed by atoms with Gasteiger partial charge in [0.25, 0.3) is 0 Å². The summed E-state index contributed by atoms with van der Waals surface area (Å²) in [4.78, 5) is 15.2. The normalized spacial score (nSPS) is 16.1. The summed E-state index contributed by atoms with van der Waals surface area (Å²) < 4.78 is 0. The van der Waals surface area contributed by atoms with Crippen LogP contribution in [0.1, 0.15) is 24.4 Å². The van der Waals surface area contributed by atoms with Gasteiger partial charge in [-0.3, -0.25) is 4.79 Å². The summed E-state index contributed by atoms with van der Waals surface area (Å²) in [6.45, 7) is 0.707. The Bertz CT molecular complexity index is 449. The van der Waals surface area contributed by atoms with Crippen LogP contribution in [0.4, 0.5) is 5.69 Å². The maximum Gasteiger partial charge on any atom is 0.223 e. The highest BCUT2D eigenvalue weighted by Crippen LogP contribution is 2.28. The van der Waals surface area contributed by atoms with Crippen LogP contribution in [0.15, 0.2) is 24.3 Å². The lowest BCUT2D eigenvalue weighted by atomic mass is 10.1. The maximum atomic E-state index is 11.8. The molecular formula is C16H26N3O+. The maximum absolute atomic E-state index is 11.8. The molecule has 1 atom stereocenters. The molecule has 1 amide bonds. The van der Waals surface area contributed by atoms with Crippen LogP contribution in [0.5, 0.6) is 0 Å². The number of anilines is 1. The van der Waals surface area contributed by atoms with E-state index in [0.717, 1.165) is 12.8 Å².